The van der Waals surface area contributed by atoms with E-state index in [4.69, 9.17) is 0 Å². The van der Waals surface area contributed by atoms with Crippen molar-refractivity contribution in [3.8, 4) is 0 Å². The summed E-state index contributed by atoms with van der Waals surface area (Å²) < 4.78 is 1.77. The van der Waals surface area contributed by atoms with Crippen LogP contribution in [0.15, 0.2) is 6.33 Å². The number of hydrogen-bond donors (Lipinski definition) is 0. The molecule has 0 aliphatic carbocycles. The lowest BCUT2D eigenvalue weighted by Crippen LogP contribution is -2.43. The first-order valence-corrected chi connectivity index (χ1v) is 5.76. The molecule has 16 heavy (non-hydrogen) atoms. The molecule has 2 rings (SSSR count). The van der Waals surface area contributed by atoms with Gasteiger partial charge in [-0.25, -0.2) is 4.98 Å². The highest BCUT2D eigenvalue weighted by atomic mass is 16.1. The molecule has 0 saturated carbocycles. The van der Waals surface area contributed by atoms with Crippen LogP contribution in [0.5, 0.6) is 0 Å². The molecule has 2 heterocycles. The minimum absolute atomic E-state index is 0.0745. The Morgan fingerprint density at radius 2 is 2.38 bits per heavy atom. The molecule has 1 fully saturated rings. The molecule has 0 aromatic carbocycles. The topological polar surface area (TPSA) is 51.0 Å². The molecule has 1 aromatic heterocycles. The van der Waals surface area contributed by atoms with Crippen molar-refractivity contribution in [3.63, 3.8) is 0 Å². The molecule has 1 aromatic rings. The number of aryl methyl sites for hydroxylation is 1. The fourth-order valence-corrected chi connectivity index (χ4v) is 2.29. The first-order chi connectivity index (χ1) is 7.68. The Morgan fingerprint density at radius 1 is 1.56 bits per heavy atom. The highest BCUT2D eigenvalue weighted by molar-refractivity contribution is 5.81. The van der Waals surface area contributed by atoms with E-state index in [2.05, 4.69) is 15.0 Å². The molecule has 0 bridgehead atoms. The lowest BCUT2D eigenvalue weighted by atomic mass is 9.99. The monoisotopic (exact) mass is 222 g/mol. The van der Waals surface area contributed by atoms with Gasteiger partial charge in [0.1, 0.15) is 17.9 Å². The van der Waals surface area contributed by atoms with Crippen LogP contribution in [0.4, 0.5) is 0 Å². The molecule has 5 nitrogen and oxygen atoms in total. The highest BCUT2D eigenvalue weighted by Gasteiger charge is 2.26. The molecule has 1 aliphatic rings. The Kier molecular flexibility index (Phi) is 3.33. The first kappa shape index (κ1) is 11.3. The molecule has 1 atom stereocenters. The zero-order valence-corrected chi connectivity index (χ0v) is 9.89. The Balaban J connectivity index is 2.07. The van der Waals surface area contributed by atoms with E-state index < -0.39 is 0 Å². The Bertz CT molecular complexity index is 374. The number of rotatable bonds is 3. The van der Waals surface area contributed by atoms with Gasteiger partial charge in [-0.1, -0.05) is 6.42 Å². The number of ketones is 1. The van der Waals surface area contributed by atoms with Gasteiger partial charge in [-0.15, -0.1) is 0 Å². The van der Waals surface area contributed by atoms with Crippen molar-refractivity contribution in [2.24, 2.45) is 7.05 Å². The fraction of sp³-hybridized carbons (Fsp3) is 0.727. The van der Waals surface area contributed by atoms with Gasteiger partial charge in [-0.05, 0) is 26.3 Å². The van der Waals surface area contributed by atoms with Crippen LogP contribution in [0.1, 0.15) is 32.0 Å². The van der Waals surface area contributed by atoms with Crippen LogP contribution in [0.2, 0.25) is 0 Å². The second-order valence-electron chi connectivity index (χ2n) is 4.39. The third-order valence-electron chi connectivity index (χ3n) is 3.23. The lowest BCUT2D eigenvalue weighted by molar-refractivity contribution is -0.123. The maximum atomic E-state index is 11.5. The van der Waals surface area contributed by atoms with Gasteiger partial charge in [0.05, 0.1) is 12.6 Å². The van der Waals surface area contributed by atoms with Crippen LogP contribution in [0.3, 0.4) is 0 Å². The number of piperidine rings is 1. The molecular weight excluding hydrogens is 204 g/mol. The van der Waals surface area contributed by atoms with Crippen LogP contribution in [-0.2, 0) is 18.4 Å². The van der Waals surface area contributed by atoms with Gasteiger partial charge in [0.2, 0.25) is 0 Å². The van der Waals surface area contributed by atoms with Crippen molar-refractivity contribution in [2.75, 3.05) is 6.54 Å². The largest absolute Gasteiger partial charge is 0.298 e. The second-order valence-corrected chi connectivity index (χ2v) is 4.39. The predicted octanol–water partition coefficient (Wildman–Crippen LogP) is 0.759. The van der Waals surface area contributed by atoms with E-state index in [0.717, 1.165) is 31.8 Å². The van der Waals surface area contributed by atoms with E-state index in [0.29, 0.717) is 0 Å². The molecule has 0 amide bonds. The summed E-state index contributed by atoms with van der Waals surface area (Å²) in [4.78, 5) is 18.0. The van der Waals surface area contributed by atoms with Gasteiger partial charge in [-0.3, -0.25) is 14.4 Å². The molecule has 88 valence electrons. The van der Waals surface area contributed by atoms with Crippen molar-refractivity contribution < 1.29 is 4.79 Å². The van der Waals surface area contributed by atoms with Gasteiger partial charge in [-0.2, -0.15) is 5.10 Å². The standard InChI is InChI=1S/C11H18N4O/c1-9(16)10-5-3-4-6-15(10)7-11-12-8-13-14(11)2/h8,10H,3-7H2,1-2H3. The summed E-state index contributed by atoms with van der Waals surface area (Å²) >= 11 is 0. The average molecular weight is 222 g/mol. The van der Waals surface area contributed by atoms with Crippen LogP contribution in [-0.4, -0.2) is 38.0 Å². The smallest absolute Gasteiger partial charge is 0.146 e. The number of likely N-dealkylation sites (tertiary alicyclic amines) is 1. The molecule has 0 N–H and O–H groups in total. The molecular formula is C11H18N4O. The Hall–Kier alpha value is -1.23. The highest BCUT2D eigenvalue weighted by Crippen LogP contribution is 2.19. The van der Waals surface area contributed by atoms with Crippen molar-refractivity contribution in [1.82, 2.24) is 19.7 Å². The molecule has 5 heteroatoms. The molecule has 1 aliphatic heterocycles. The Morgan fingerprint density at radius 3 is 3.00 bits per heavy atom. The quantitative estimate of drug-likeness (QED) is 0.757. The van der Waals surface area contributed by atoms with Crippen molar-refractivity contribution in [2.45, 2.75) is 38.8 Å². The Labute approximate surface area is 95.5 Å². The number of carbonyl (C=O) groups excluding carboxylic acids is 1. The zero-order valence-electron chi connectivity index (χ0n) is 9.89. The summed E-state index contributed by atoms with van der Waals surface area (Å²) in [6.07, 6.45) is 4.86. The van der Waals surface area contributed by atoms with Gasteiger partial charge in [0.25, 0.3) is 0 Å². The summed E-state index contributed by atoms with van der Waals surface area (Å²) in [6.45, 7) is 3.39. The van der Waals surface area contributed by atoms with E-state index in [1.54, 1.807) is 17.9 Å². The van der Waals surface area contributed by atoms with Crippen LogP contribution in [0.25, 0.3) is 0 Å². The number of carbonyl (C=O) groups is 1. The van der Waals surface area contributed by atoms with E-state index in [-0.39, 0.29) is 11.8 Å². The molecule has 1 unspecified atom stereocenters. The summed E-state index contributed by atoms with van der Waals surface area (Å²) in [7, 11) is 1.88. The number of nitrogens with zero attached hydrogens (tertiary/aromatic N) is 4. The average Bonchev–Trinajstić information content (AvgIpc) is 2.65. The van der Waals surface area contributed by atoms with Crippen LogP contribution in [0, 0.1) is 0 Å². The maximum absolute atomic E-state index is 11.5. The minimum Gasteiger partial charge on any atom is -0.298 e. The SMILES string of the molecule is CC(=O)C1CCCCN1Cc1ncnn1C. The third kappa shape index (κ3) is 2.29. The van der Waals surface area contributed by atoms with Crippen LogP contribution >= 0.6 is 0 Å². The van der Waals surface area contributed by atoms with Gasteiger partial charge in [0.15, 0.2) is 0 Å². The van der Waals surface area contributed by atoms with E-state index in [1.807, 2.05) is 7.05 Å². The first-order valence-electron chi connectivity index (χ1n) is 5.76. The number of Topliss-reactive ketones (excluding diaryl/α,β-unsaturated/α-hetero) is 1. The normalized spacial score (nSPS) is 22.2. The predicted molar refractivity (Wildman–Crippen MR) is 59.7 cm³/mol. The van der Waals surface area contributed by atoms with Gasteiger partial charge in [0, 0.05) is 7.05 Å². The number of hydrogen-bond acceptors (Lipinski definition) is 4. The summed E-state index contributed by atoms with van der Waals surface area (Å²) in [5.74, 6) is 1.19. The van der Waals surface area contributed by atoms with Crippen molar-refractivity contribution >= 4 is 5.78 Å². The fourth-order valence-electron chi connectivity index (χ4n) is 2.29. The van der Waals surface area contributed by atoms with Gasteiger partial charge < -0.3 is 0 Å². The third-order valence-corrected chi connectivity index (χ3v) is 3.23. The van der Waals surface area contributed by atoms with Crippen LogP contribution < -0.4 is 0 Å². The minimum atomic E-state index is 0.0745. The van der Waals surface area contributed by atoms with E-state index in [9.17, 15) is 4.79 Å². The summed E-state index contributed by atoms with van der Waals surface area (Å²) in [6, 6.07) is 0.0745. The summed E-state index contributed by atoms with van der Waals surface area (Å²) in [5.41, 5.74) is 0. The maximum Gasteiger partial charge on any atom is 0.146 e. The molecule has 0 radical (unpaired) electrons. The second kappa shape index (κ2) is 4.74. The van der Waals surface area contributed by atoms with Gasteiger partial charge >= 0.3 is 0 Å². The summed E-state index contributed by atoms with van der Waals surface area (Å²) in [5, 5.41) is 4.05. The number of aromatic nitrogens is 3. The van der Waals surface area contributed by atoms with Crippen molar-refractivity contribution in [3.05, 3.63) is 12.2 Å². The zero-order chi connectivity index (χ0) is 11.5. The molecule has 1 saturated heterocycles. The lowest BCUT2D eigenvalue weighted by Gasteiger charge is -2.33. The van der Waals surface area contributed by atoms with Crippen molar-refractivity contribution in [1.29, 1.82) is 0 Å². The molecule has 0 spiro atoms. The van der Waals surface area contributed by atoms with E-state index >= 15 is 0 Å². The van der Waals surface area contributed by atoms with E-state index in [1.165, 1.54) is 6.42 Å².